The molecule has 0 bridgehead atoms. The molecule has 0 saturated carbocycles. The number of aromatic carboxylic acids is 1. The van der Waals surface area contributed by atoms with Crippen LogP contribution in [0.3, 0.4) is 0 Å². The number of anilines is 1. The molecule has 2 aromatic carbocycles. The third-order valence-corrected chi connectivity index (χ3v) is 6.12. The van der Waals surface area contributed by atoms with Crippen LogP contribution >= 0.6 is 11.6 Å². The quantitative estimate of drug-likeness (QED) is 0.452. The van der Waals surface area contributed by atoms with Gasteiger partial charge in [0.15, 0.2) is 0 Å². The molecular weight excluding hydrogens is 485 g/mol. The Morgan fingerprint density at radius 3 is 2.42 bits per heavy atom. The van der Waals surface area contributed by atoms with E-state index in [0.29, 0.717) is 17.2 Å². The molecule has 0 aliphatic heterocycles. The third-order valence-electron chi connectivity index (χ3n) is 4.43. The third kappa shape index (κ3) is 5.55. The van der Waals surface area contributed by atoms with E-state index in [-0.39, 0.29) is 22.9 Å². The summed E-state index contributed by atoms with van der Waals surface area (Å²) in [5.74, 6) is -1.13. The monoisotopic (exact) mass is 500 g/mol. The van der Waals surface area contributed by atoms with Crippen LogP contribution in [0.1, 0.15) is 27.0 Å². The van der Waals surface area contributed by atoms with Crippen LogP contribution in [0.5, 0.6) is 11.6 Å². The van der Waals surface area contributed by atoms with E-state index < -0.39 is 37.7 Å². The molecule has 0 amide bonds. The van der Waals surface area contributed by atoms with E-state index in [0.717, 1.165) is 12.1 Å². The molecule has 0 aliphatic rings. The number of ether oxygens (including phenoxy) is 1. The lowest BCUT2D eigenvalue weighted by Crippen LogP contribution is -2.16. The molecule has 0 saturated heterocycles. The van der Waals surface area contributed by atoms with Crippen LogP contribution in [0.15, 0.2) is 53.6 Å². The number of nitrogens with one attached hydrogen (secondary N) is 1. The molecule has 174 valence electrons. The predicted molar refractivity (Wildman–Crippen MR) is 114 cm³/mol. The number of rotatable bonds is 6. The van der Waals surface area contributed by atoms with E-state index in [1.165, 1.54) is 30.5 Å². The summed E-state index contributed by atoms with van der Waals surface area (Å²) in [6.45, 7) is 3.19. The number of aromatic nitrogens is 1. The molecule has 1 aromatic heterocycles. The molecule has 0 spiro atoms. The summed E-state index contributed by atoms with van der Waals surface area (Å²) in [4.78, 5) is 14.6. The maximum atomic E-state index is 13.1. The van der Waals surface area contributed by atoms with Gasteiger partial charge >= 0.3 is 12.1 Å². The van der Waals surface area contributed by atoms with Gasteiger partial charge in [-0.15, -0.1) is 0 Å². The fourth-order valence-electron chi connectivity index (χ4n) is 2.85. The predicted octanol–water partition coefficient (Wildman–Crippen LogP) is 5.66. The van der Waals surface area contributed by atoms with Crippen molar-refractivity contribution in [3.8, 4) is 11.6 Å². The maximum absolute atomic E-state index is 13.1. The van der Waals surface area contributed by atoms with Gasteiger partial charge in [-0.05, 0) is 67.4 Å². The van der Waals surface area contributed by atoms with Gasteiger partial charge in [0.05, 0.1) is 21.0 Å². The Labute approximate surface area is 191 Å². The molecule has 12 heteroatoms. The Bertz CT molecular complexity index is 1340. The number of sulfonamides is 1. The van der Waals surface area contributed by atoms with Gasteiger partial charge in [0.1, 0.15) is 11.4 Å². The Balaban J connectivity index is 1.97. The standard InChI is InChI=1S/C21H16ClF3N2O5S/c1-11-7-18(19(26-10-11)32-13-3-5-15(20(28)29)12(2)8-13)27-33(30,31)14-4-6-17(22)16(9-14)21(23,24)25/h3-10,27H,1-2H3,(H,28,29). The minimum Gasteiger partial charge on any atom is -0.478 e. The first kappa shape index (κ1) is 24.3. The number of carboxylic acids is 1. The maximum Gasteiger partial charge on any atom is 0.417 e. The van der Waals surface area contributed by atoms with Crippen molar-refractivity contribution in [3.63, 3.8) is 0 Å². The smallest absolute Gasteiger partial charge is 0.417 e. The van der Waals surface area contributed by atoms with E-state index in [2.05, 4.69) is 9.71 Å². The second-order valence-electron chi connectivity index (χ2n) is 6.99. The highest BCUT2D eigenvalue weighted by atomic mass is 35.5. The molecule has 1 heterocycles. The number of benzene rings is 2. The van der Waals surface area contributed by atoms with Crippen molar-refractivity contribution < 1.29 is 36.2 Å². The van der Waals surface area contributed by atoms with Crippen molar-refractivity contribution in [1.82, 2.24) is 4.98 Å². The average molecular weight is 501 g/mol. The van der Waals surface area contributed by atoms with E-state index in [1.807, 2.05) is 0 Å². The SMILES string of the molecule is Cc1cnc(Oc2ccc(C(=O)O)c(C)c2)c(NS(=O)(=O)c2ccc(Cl)c(C(F)(F)F)c2)c1. The second-order valence-corrected chi connectivity index (χ2v) is 9.08. The summed E-state index contributed by atoms with van der Waals surface area (Å²) in [6.07, 6.45) is -3.45. The first-order valence-electron chi connectivity index (χ1n) is 9.16. The first-order chi connectivity index (χ1) is 15.3. The van der Waals surface area contributed by atoms with Crippen LogP contribution in [0.4, 0.5) is 18.9 Å². The van der Waals surface area contributed by atoms with Crippen molar-refractivity contribution in [2.45, 2.75) is 24.9 Å². The molecule has 3 rings (SSSR count). The van der Waals surface area contributed by atoms with E-state index in [9.17, 15) is 26.4 Å². The molecule has 2 N–H and O–H groups in total. The van der Waals surface area contributed by atoms with Crippen molar-refractivity contribution in [2.24, 2.45) is 0 Å². The largest absolute Gasteiger partial charge is 0.478 e. The Kier molecular flexibility index (Phi) is 6.57. The Morgan fingerprint density at radius 1 is 1.12 bits per heavy atom. The summed E-state index contributed by atoms with van der Waals surface area (Å²) in [5.41, 5.74) is -0.415. The summed E-state index contributed by atoms with van der Waals surface area (Å²) in [6, 6.07) is 7.72. The summed E-state index contributed by atoms with van der Waals surface area (Å²) >= 11 is 5.57. The molecule has 0 atom stereocenters. The summed E-state index contributed by atoms with van der Waals surface area (Å²) in [5, 5.41) is 8.50. The van der Waals surface area contributed by atoms with Gasteiger partial charge in [0, 0.05) is 6.20 Å². The fourth-order valence-corrected chi connectivity index (χ4v) is 4.15. The highest BCUT2D eigenvalue weighted by molar-refractivity contribution is 7.92. The summed E-state index contributed by atoms with van der Waals surface area (Å²) < 4.78 is 72.9. The number of carbonyl (C=O) groups is 1. The molecule has 0 aliphatic carbocycles. The van der Waals surface area contributed by atoms with Crippen LogP contribution in [0.25, 0.3) is 0 Å². The zero-order valence-electron chi connectivity index (χ0n) is 17.1. The number of halogens is 4. The van der Waals surface area contributed by atoms with E-state index >= 15 is 0 Å². The highest BCUT2D eigenvalue weighted by Gasteiger charge is 2.34. The van der Waals surface area contributed by atoms with Crippen LogP contribution < -0.4 is 9.46 Å². The number of aryl methyl sites for hydroxylation is 2. The van der Waals surface area contributed by atoms with Crippen molar-refractivity contribution in [3.05, 3.63) is 75.9 Å². The number of alkyl halides is 3. The van der Waals surface area contributed by atoms with Gasteiger partial charge < -0.3 is 9.84 Å². The van der Waals surface area contributed by atoms with Gasteiger partial charge in [-0.2, -0.15) is 13.2 Å². The normalized spacial score (nSPS) is 11.8. The molecule has 0 fully saturated rings. The van der Waals surface area contributed by atoms with E-state index in [4.69, 9.17) is 21.4 Å². The Hall–Kier alpha value is -3.31. The van der Waals surface area contributed by atoms with Crippen molar-refractivity contribution >= 4 is 33.3 Å². The van der Waals surface area contributed by atoms with Gasteiger partial charge in [-0.1, -0.05) is 11.6 Å². The van der Waals surface area contributed by atoms with Gasteiger partial charge in [-0.3, -0.25) is 4.72 Å². The highest BCUT2D eigenvalue weighted by Crippen LogP contribution is 2.37. The number of nitrogens with zero attached hydrogens (tertiary/aromatic N) is 1. The molecular formula is C21H16ClF3N2O5S. The van der Waals surface area contributed by atoms with Crippen molar-refractivity contribution in [1.29, 1.82) is 0 Å². The first-order valence-corrected chi connectivity index (χ1v) is 11.0. The number of carboxylic acid groups (broad SMARTS) is 1. The lowest BCUT2D eigenvalue weighted by atomic mass is 10.1. The van der Waals surface area contributed by atoms with Crippen LogP contribution in [0, 0.1) is 13.8 Å². The number of pyridine rings is 1. The lowest BCUT2D eigenvalue weighted by molar-refractivity contribution is -0.137. The van der Waals surface area contributed by atoms with Crippen LogP contribution in [-0.4, -0.2) is 24.5 Å². The zero-order valence-corrected chi connectivity index (χ0v) is 18.6. The second kappa shape index (κ2) is 8.91. The molecule has 0 unspecified atom stereocenters. The van der Waals surface area contributed by atoms with E-state index in [1.54, 1.807) is 13.8 Å². The fraction of sp³-hybridized carbons (Fsp3) is 0.143. The number of hydrogen-bond acceptors (Lipinski definition) is 5. The zero-order chi connectivity index (χ0) is 24.6. The van der Waals surface area contributed by atoms with Crippen LogP contribution in [-0.2, 0) is 16.2 Å². The molecule has 33 heavy (non-hydrogen) atoms. The number of hydrogen-bond donors (Lipinski definition) is 2. The van der Waals surface area contributed by atoms with Gasteiger partial charge in [0.2, 0.25) is 5.88 Å². The van der Waals surface area contributed by atoms with Crippen molar-refractivity contribution in [2.75, 3.05) is 4.72 Å². The van der Waals surface area contributed by atoms with Gasteiger partial charge in [0.25, 0.3) is 10.0 Å². The molecule has 7 nitrogen and oxygen atoms in total. The Morgan fingerprint density at radius 2 is 1.82 bits per heavy atom. The van der Waals surface area contributed by atoms with Gasteiger partial charge in [-0.25, -0.2) is 18.2 Å². The topological polar surface area (TPSA) is 106 Å². The molecule has 3 aromatic rings. The summed E-state index contributed by atoms with van der Waals surface area (Å²) in [7, 11) is -4.48. The minimum absolute atomic E-state index is 0.0587. The minimum atomic E-state index is -4.85. The average Bonchev–Trinajstić information content (AvgIpc) is 2.69. The molecule has 0 radical (unpaired) electrons. The van der Waals surface area contributed by atoms with Crippen LogP contribution in [0.2, 0.25) is 5.02 Å². The lowest BCUT2D eigenvalue weighted by Gasteiger charge is -2.15.